The molecule has 2 nitrogen and oxygen atoms in total. The van der Waals surface area contributed by atoms with Crippen molar-refractivity contribution in [1.82, 2.24) is 0 Å². The first-order chi connectivity index (χ1) is 36.2. The van der Waals surface area contributed by atoms with E-state index in [1.54, 1.807) is 0 Å². The summed E-state index contributed by atoms with van der Waals surface area (Å²) in [6, 6.07) is 85.1. The average Bonchev–Trinajstić information content (AvgIpc) is 4.15. The van der Waals surface area contributed by atoms with Crippen LogP contribution in [-0.4, -0.2) is 16.1 Å². The summed E-state index contributed by atoms with van der Waals surface area (Å²) in [5, 5.41) is 10.7. The van der Waals surface area contributed by atoms with E-state index in [2.05, 4.69) is 257 Å². The van der Waals surface area contributed by atoms with Crippen molar-refractivity contribution in [1.29, 1.82) is 0 Å². The van der Waals surface area contributed by atoms with Crippen molar-refractivity contribution >= 4 is 80.8 Å². The zero-order valence-corrected chi connectivity index (χ0v) is 43.8. The summed E-state index contributed by atoms with van der Waals surface area (Å²) >= 11 is 0. The van der Waals surface area contributed by atoms with Crippen molar-refractivity contribution in [3.05, 3.63) is 231 Å². The second-order valence-corrected chi connectivity index (χ2v) is 30.2. The predicted molar refractivity (Wildman–Crippen MR) is 318 cm³/mol. The standard InChI is InChI=1S/C70H50O2Si2/c1-73(2)61-41-58-62(42-57(61)65-63(73)39-55(69-67(65)53-29-17-19-31-59(53)71-69)51-35-47(43-21-9-5-10-22-43)33-48(36-51)44-23-11-6-12-24-44)74(3,4)64-40-56(70-68(66(58)64)54-30-18-20-32-60(54)72-70)52-37-49(45-25-13-7-14-26-45)34-50(38-52)46-27-15-8-16-28-46/h5-42H,1-4H3. The molecule has 15 rings (SSSR count). The van der Waals surface area contributed by atoms with E-state index in [1.807, 2.05) is 0 Å². The van der Waals surface area contributed by atoms with Crippen LogP contribution in [0, 0.1) is 0 Å². The zero-order chi connectivity index (χ0) is 49.5. The molecule has 0 bridgehead atoms. The largest absolute Gasteiger partial charge is 0.455 e. The van der Waals surface area contributed by atoms with Gasteiger partial charge in [-0.1, -0.05) is 208 Å². The molecule has 11 aromatic carbocycles. The molecule has 0 aliphatic carbocycles. The van der Waals surface area contributed by atoms with Gasteiger partial charge in [-0.3, -0.25) is 0 Å². The van der Waals surface area contributed by atoms with E-state index in [9.17, 15) is 0 Å². The summed E-state index contributed by atoms with van der Waals surface area (Å²) in [5.41, 5.74) is 23.4. The van der Waals surface area contributed by atoms with E-state index in [4.69, 9.17) is 8.83 Å². The lowest BCUT2D eigenvalue weighted by atomic mass is 9.89. The van der Waals surface area contributed by atoms with Crippen LogP contribution in [0.15, 0.2) is 239 Å². The van der Waals surface area contributed by atoms with E-state index in [-0.39, 0.29) is 0 Å². The SMILES string of the molecule is C[Si]1(C)c2cc3c(cc2-c2c1cc(-c1cc(-c4ccccc4)cc(-c4ccccc4)c1)c1oc4ccccc4c21)[Si](C)(C)c1cc(-c2cc(-c4ccccc4)cc(-c4ccccc4)c2)c2oc4ccccc4c2c1-3. The smallest absolute Gasteiger partial charge is 0.143 e. The maximum atomic E-state index is 7.14. The predicted octanol–water partition coefficient (Wildman–Crippen LogP) is 17.1. The highest BCUT2D eigenvalue weighted by atomic mass is 28.3. The van der Waals surface area contributed by atoms with Gasteiger partial charge in [-0.05, 0) is 147 Å². The van der Waals surface area contributed by atoms with Gasteiger partial charge in [0.15, 0.2) is 0 Å². The molecule has 4 heterocycles. The van der Waals surface area contributed by atoms with Gasteiger partial charge in [-0.2, -0.15) is 0 Å². The third-order valence-corrected chi connectivity index (χ3v) is 23.6. The van der Waals surface area contributed by atoms with Crippen LogP contribution in [-0.2, 0) is 0 Å². The van der Waals surface area contributed by atoms with Crippen molar-refractivity contribution in [3.8, 4) is 89.0 Å². The molecule has 0 spiro atoms. The molecule has 0 saturated carbocycles. The zero-order valence-electron chi connectivity index (χ0n) is 41.8. The second kappa shape index (κ2) is 16.0. The molecule has 0 amide bonds. The lowest BCUT2D eigenvalue weighted by molar-refractivity contribution is 0.670. The fraction of sp³-hybridized carbons (Fsp3) is 0.0571. The number of rotatable bonds is 6. The summed E-state index contributed by atoms with van der Waals surface area (Å²) in [6.07, 6.45) is 0. The highest BCUT2D eigenvalue weighted by molar-refractivity contribution is 7.06. The van der Waals surface area contributed by atoms with Crippen LogP contribution in [0.2, 0.25) is 26.2 Å². The summed E-state index contributed by atoms with van der Waals surface area (Å²) in [4.78, 5) is 0. The van der Waals surface area contributed by atoms with Crippen LogP contribution >= 0.6 is 0 Å². The van der Waals surface area contributed by atoms with Crippen LogP contribution < -0.4 is 20.7 Å². The topological polar surface area (TPSA) is 26.3 Å². The van der Waals surface area contributed by atoms with Gasteiger partial charge in [0, 0.05) is 32.7 Å². The number of benzene rings is 11. The average molecular weight is 979 g/mol. The van der Waals surface area contributed by atoms with Crippen LogP contribution in [0.4, 0.5) is 0 Å². The third-order valence-electron chi connectivity index (χ3n) is 16.6. The van der Waals surface area contributed by atoms with Gasteiger partial charge < -0.3 is 8.83 Å². The van der Waals surface area contributed by atoms with Gasteiger partial charge in [0.05, 0.1) is 0 Å². The van der Waals surface area contributed by atoms with Gasteiger partial charge >= 0.3 is 0 Å². The number of para-hydroxylation sites is 2. The Kier molecular flexibility index (Phi) is 9.30. The molecular formula is C70H50O2Si2. The van der Waals surface area contributed by atoms with Crippen LogP contribution in [0.1, 0.15) is 0 Å². The molecule has 13 aromatic rings. The Morgan fingerprint density at radius 2 is 0.541 bits per heavy atom. The fourth-order valence-corrected chi connectivity index (χ4v) is 19.0. The lowest BCUT2D eigenvalue weighted by Crippen LogP contribution is -2.51. The van der Waals surface area contributed by atoms with Crippen molar-refractivity contribution in [2.75, 3.05) is 0 Å². The Bertz CT molecular complexity index is 4050. The van der Waals surface area contributed by atoms with Gasteiger partial charge in [-0.15, -0.1) is 0 Å². The highest BCUT2D eigenvalue weighted by Gasteiger charge is 2.46. The van der Waals surface area contributed by atoms with Crippen molar-refractivity contribution in [2.24, 2.45) is 0 Å². The quantitative estimate of drug-likeness (QED) is 0.155. The number of hydrogen-bond acceptors (Lipinski definition) is 2. The van der Waals surface area contributed by atoms with E-state index in [0.717, 1.165) is 44.6 Å². The molecule has 0 atom stereocenters. The van der Waals surface area contributed by atoms with Gasteiger partial charge in [0.25, 0.3) is 0 Å². The highest BCUT2D eigenvalue weighted by Crippen LogP contribution is 2.49. The van der Waals surface area contributed by atoms with E-state index < -0.39 is 16.1 Å². The Morgan fingerprint density at radius 3 is 0.878 bits per heavy atom. The van der Waals surface area contributed by atoms with Gasteiger partial charge in [-0.25, -0.2) is 0 Å². The summed E-state index contributed by atoms with van der Waals surface area (Å²) < 4.78 is 14.3. The molecule has 2 aromatic heterocycles. The van der Waals surface area contributed by atoms with Gasteiger partial charge in [0.1, 0.15) is 38.5 Å². The first-order valence-corrected chi connectivity index (χ1v) is 31.9. The Morgan fingerprint density at radius 1 is 0.257 bits per heavy atom. The number of fused-ring (bicyclic) bond motifs is 14. The van der Waals surface area contributed by atoms with Gasteiger partial charge in [0.2, 0.25) is 0 Å². The molecule has 4 heteroatoms. The molecule has 0 fully saturated rings. The molecule has 350 valence electrons. The molecule has 2 aliphatic heterocycles. The molecule has 2 aliphatic rings. The minimum Gasteiger partial charge on any atom is -0.455 e. The first-order valence-electron chi connectivity index (χ1n) is 25.9. The lowest BCUT2D eigenvalue weighted by Gasteiger charge is -2.22. The maximum Gasteiger partial charge on any atom is 0.143 e. The number of furan rings is 2. The van der Waals surface area contributed by atoms with E-state index in [1.165, 1.54) is 109 Å². The summed E-state index contributed by atoms with van der Waals surface area (Å²) in [5.74, 6) is 0. The van der Waals surface area contributed by atoms with Crippen LogP contribution in [0.3, 0.4) is 0 Å². The van der Waals surface area contributed by atoms with Crippen LogP contribution in [0.25, 0.3) is 133 Å². The Labute approximate surface area is 432 Å². The molecule has 0 N–H and O–H groups in total. The summed E-state index contributed by atoms with van der Waals surface area (Å²) in [7, 11) is -4.77. The Balaban J connectivity index is 0.973. The molecule has 0 radical (unpaired) electrons. The first kappa shape index (κ1) is 43.1. The fourth-order valence-electron chi connectivity index (χ4n) is 12.9. The molecular weight excluding hydrogens is 929 g/mol. The van der Waals surface area contributed by atoms with Crippen molar-refractivity contribution in [3.63, 3.8) is 0 Å². The second-order valence-electron chi connectivity index (χ2n) is 21.6. The molecule has 0 saturated heterocycles. The molecule has 0 unspecified atom stereocenters. The van der Waals surface area contributed by atoms with Crippen molar-refractivity contribution in [2.45, 2.75) is 26.2 Å². The monoisotopic (exact) mass is 978 g/mol. The molecule has 74 heavy (non-hydrogen) atoms. The van der Waals surface area contributed by atoms with Crippen LogP contribution in [0.5, 0.6) is 0 Å². The third kappa shape index (κ3) is 6.35. The summed E-state index contributed by atoms with van der Waals surface area (Å²) in [6.45, 7) is 10.3. The Hall–Kier alpha value is -8.55. The van der Waals surface area contributed by atoms with E-state index >= 15 is 0 Å². The maximum absolute atomic E-state index is 7.14. The number of hydrogen-bond donors (Lipinski definition) is 0. The van der Waals surface area contributed by atoms with E-state index in [0.29, 0.717) is 0 Å². The minimum atomic E-state index is -2.38. The normalized spacial score (nSPS) is 13.9. The minimum absolute atomic E-state index is 0.921. The van der Waals surface area contributed by atoms with Crippen molar-refractivity contribution < 1.29 is 8.83 Å².